The van der Waals surface area contributed by atoms with Crippen LogP contribution in [-0.2, 0) is 16.0 Å². The SMILES string of the molecule is CN(CCC1CCCCO1)Cc1nc(N2CCOCC2)c2ccc(Cl)cc2n1. The van der Waals surface area contributed by atoms with Gasteiger partial charge >= 0.3 is 0 Å². The van der Waals surface area contributed by atoms with Crippen LogP contribution in [0.15, 0.2) is 18.2 Å². The third kappa shape index (κ3) is 4.92. The molecular formula is C21H29ClN4O2. The molecule has 2 aliphatic heterocycles. The first-order valence-electron chi connectivity index (χ1n) is 10.3. The summed E-state index contributed by atoms with van der Waals surface area (Å²) in [6.07, 6.45) is 5.12. The minimum Gasteiger partial charge on any atom is -0.378 e. The van der Waals surface area contributed by atoms with Gasteiger partial charge in [-0.1, -0.05) is 11.6 Å². The number of anilines is 1. The van der Waals surface area contributed by atoms with Crippen molar-refractivity contribution in [3.8, 4) is 0 Å². The van der Waals surface area contributed by atoms with Crippen molar-refractivity contribution in [3.05, 3.63) is 29.0 Å². The van der Waals surface area contributed by atoms with E-state index < -0.39 is 0 Å². The van der Waals surface area contributed by atoms with Gasteiger partial charge in [0.2, 0.25) is 0 Å². The Bertz CT molecular complexity index is 791. The van der Waals surface area contributed by atoms with Crippen molar-refractivity contribution in [2.45, 2.75) is 38.3 Å². The minimum absolute atomic E-state index is 0.399. The van der Waals surface area contributed by atoms with Gasteiger partial charge < -0.3 is 14.4 Å². The smallest absolute Gasteiger partial charge is 0.145 e. The molecule has 0 radical (unpaired) electrons. The van der Waals surface area contributed by atoms with E-state index in [9.17, 15) is 0 Å². The van der Waals surface area contributed by atoms with Crippen molar-refractivity contribution in [2.24, 2.45) is 0 Å². The number of aromatic nitrogens is 2. The maximum atomic E-state index is 6.23. The highest BCUT2D eigenvalue weighted by atomic mass is 35.5. The summed E-state index contributed by atoms with van der Waals surface area (Å²) >= 11 is 6.23. The van der Waals surface area contributed by atoms with Crippen LogP contribution in [0.4, 0.5) is 5.82 Å². The fourth-order valence-corrected chi connectivity index (χ4v) is 4.11. The first kappa shape index (κ1) is 19.8. The molecule has 3 heterocycles. The molecule has 1 aromatic carbocycles. The van der Waals surface area contributed by atoms with Crippen molar-refractivity contribution < 1.29 is 9.47 Å². The second-order valence-electron chi connectivity index (χ2n) is 7.74. The van der Waals surface area contributed by atoms with Gasteiger partial charge in [0, 0.05) is 36.7 Å². The molecular weight excluding hydrogens is 376 g/mol. The van der Waals surface area contributed by atoms with Crippen LogP contribution >= 0.6 is 11.6 Å². The Kier molecular flexibility index (Phi) is 6.62. The molecule has 6 nitrogen and oxygen atoms in total. The first-order chi connectivity index (χ1) is 13.7. The Balaban J connectivity index is 1.50. The molecule has 4 rings (SSSR count). The normalized spacial score (nSPS) is 20.8. The molecule has 0 aliphatic carbocycles. The maximum absolute atomic E-state index is 6.23. The van der Waals surface area contributed by atoms with E-state index in [0.717, 1.165) is 68.4 Å². The highest BCUT2D eigenvalue weighted by molar-refractivity contribution is 6.31. The lowest BCUT2D eigenvalue weighted by atomic mass is 10.1. The van der Waals surface area contributed by atoms with Crippen molar-refractivity contribution in [1.82, 2.24) is 14.9 Å². The van der Waals surface area contributed by atoms with E-state index in [-0.39, 0.29) is 0 Å². The fraction of sp³-hybridized carbons (Fsp3) is 0.619. The Morgan fingerprint density at radius 2 is 2.04 bits per heavy atom. The number of hydrogen-bond donors (Lipinski definition) is 0. The van der Waals surface area contributed by atoms with Gasteiger partial charge in [-0.3, -0.25) is 4.90 Å². The standard InChI is InChI=1S/C21H29ClN4O2/c1-25(8-7-17-4-2-3-11-28-17)15-20-23-19-14-16(22)5-6-18(19)21(24-20)26-9-12-27-13-10-26/h5-6,14,17H,2-4,7-13,15H2,1H3. The van der Waals surface area contributed by atoms with Crippen LogP contribution in [0, 0.1) is 0 Å². The number of rotatable bonds is 6. The highest BCUT2D eigenvalue weighted by Crippen LogP contribution is 2.27. The van der Waals surface area contributed by atoms with Gasteiger partial charge in [-0.25, -0.2) is 9.97 Å². The average Bonchev–Trinajstić information content (AvgIpc) is 2.73. The summed E-state index contributed by atoms with van der Waals surface area (Å²) in [5.74, 6) is 1.83. The molecule has 2 saturated heterocycles. The molecule has 1 aromatic heterocycles. The van der Waals surface area contributed by atoms with Crippen LogP contribution in [-0.4, -0.2) is 67.5 Å². The summed E-state index contributed by atoms with van der Waals surface area (Å²) < 4.78 is 11.4. The second kappa shape index (κ2) is 9.35. The summed E-state index contributed by atoms with van der Waals surface area (Å²) in [6, 6.07) is 5.87. The Morgan fingerprint density at radius 3 is 2.82 bits per heavy atom. The molecule has 2 aromatic rings. The zero-order chi connectivity index (χ0) is 19.3. The van der Waals surface area contributed by atoms with E-state index in [1.54, 1.807) is 0 Å². The fourth-order valence-electron chi connectivity index (χ4n) is 3.94. The van der Waals surface area contributed by atoms with E-state index in [1.807, 2.05) is 18.2 Å². The molecule has 1 atom stereocenters. The van der Waals surface area contributed by atoms with Gasteiger partial charge in [0.05, 0.1) is 31.4 Å². The number of nitrogens with zero attached hydrogens (tertiary/aromatic N) is 4. The third-order valence-corrected chi connectivity index (χ3v) is 5.75. The van der Waals surface area contributed by atoms with Crippen LogP contribution in [0.2, 0.25) is 5.02 Å². The Morgan fingerprint density at radius 1 is 1.18 bits per heavy atom. The van der Waals surface area contributed by atoms with Crippen molar-refractivity contribution in [1.29, 1.82) is 0 Å². The summed E-state index contributed by atoms with van der Waals surface area (Å²) in [4.78, 5) is 14.3. The number of hydrogen-bond acceptors (Lipinski definition) is 6. The lowest BCUT2D eigenvalue weighted by molar-refractivity contribution is 0.00631. The summed E-state index contributed by atoms with van der Waals surface area (Å²) in [6.45, 7) is 5.77. The number of halogens is 1. The van der Waals surface area contributed by atoms with Crippen molar-refractivity contribution in [2.75, 3.05) is 51.4 Å². The quantitative estimate of drug-likeness (QED) is 0.734. The van der Waals surface area contributed by atoms with E-state index in [2.05, 4.69) is 16.8 Å². The van der Waals surface area contributed by atoms with Crippen LogP contribution in [0.1, 0.15) is 31.5 Å². The number of fused-ring (bicyclic) bond motifs is 1. The molecule has 28 heavy (non-hydrogen) atoms. The topological polar surface area (TPSA) is 50.7 Å². The summed E-state index contributed by atoms with van der Waals surface area (Å²) in [5, 5.41) is 1.75. The predicted octanol–water partition coefficient (Wildman–Crippen LogP) is 3.51. The monoisotopic (exact) mass is 404 g/mol. The molecule has 0 spiro atoms. The molecule has 0 saturated carbocycles. The van der Waals surface area contributed by atoms with Crippen LogP contribution in [0.5, 0.6) is 0 Å². The van der Waals surface area contributed by atoms with Gasteiger partial charge in [0.1, 0.15) is 11.6 Å². The zero-order valence-corrected chi connectivity index (χ0v) is 17.3. The van der Waals surface area contributed by atoms with E-state index in [0.29, 0.717) is 17.7 Å². The molecule has 1 unspecified atom stereocenters. The van der Waals surface area contributed by atoms with Gasteiger partial charge in [0.15, 0.2) is 0 Å². The highest BCUT2D eigenvalue weighted by Gasteiger charge is 2.19. The van der Waals surface area contributed by atoms with Gasteiger partial charge in [-0.15, -0.1) is 0 Å². The van der Waals surface area contributed by atoms with Crippen molar-refractivity contribution in [3.63, 3.8) is 0 Å². The third-order valence-electron chi connectivity index (χ3n) is 5.51. The molecule has 152 valence electrons. The Hall–Kier alpha value is -1.47. The molecule has 2 fully saturated rings. The van der Waals surface area contributed by atoms with Gasteiger partial charge in [-0.2, -0.15) is 0 Å². The number of benzene rings is 1. The maximum Gasteiger partial charge on any atom is 0.145 e. The van der Waals surface area contributed by atoms with E-state index >= 15 is 0 Å². The predicted molar refractivity (Wildman–Crippen MR) is 112 cm³/mol. The summed E-state index contributed by atoms with van der Waals surface area (Å²) in [5.41, 5.74) is 0.906. The van der Waals surface area contributed by atoms with Crippen LogP contribution < -0.4 is 4.90 Å². The molecule has 7 heteroatoms. The molecule has 0 bridgehead atoms. The number of ether oxygens (including phenoxy) is 2. The number of morpholine rings is 1. The summed E-state index contributed by atoms with van der Waals surface area (Å²) in [7, 11) is 2.13. The van der Waals surface area contributed by atoms with E-state index in [4.69, 9.17) is 31.0 Å². The van der Waals surface area contributed by atoms with Crippen molar-refractivity contribution >= 4 is 28.3 Å². The lowest BCUT2D eigenvalue weighted by Crippen LogP contribution is -2.37. The lowest BCUT2D eigenvalue weighted by Gasteiger charge is -2.29. The largest absolute Gasteiger partial charge is 0.378 e. The molecule has 0 amide bonds. The van der Waals surface area contributed by atoms with Gasteiger partial charge in [-0.05, 0) is 50.9 Å². The average molecular weight is 405 g/mol. The van der Waals surface area contributed by atoms with E-state index in [1.165, 1.54) is 19.3 Å². The minimum atomic E-state index is 0.399. The molecule has 2 aliphatic rings. The second-order valence-corrected chi connectivity index (χ2v) is 8.18. The van der Waals surface area contributed by atoms with Gasteiger partial charge in [0.25, 0.3) is 0 Å². The van der Waals surface area contributed by atoms with Crippen LogP contribution in [0.3, 0.4) is 0 Å². The van der Waals surface area contributed by atoms with Crippen LogP contribution in [0.25, 0.3) is 10.9 Å². The Labute approximate surface area is 171 Å². The first-order valence-corrected chi connectivity index (χ1v) is 10.7. The molecule has 0 N–H and O–H groups in total. The zero-order valence-electron chi connectivity index (χ0n) is 16.6.